The molecule has 2 aromatic carbocycles. The highest BCUT2D eigenvalue weighted by atomic mass is 32.2. The number of thioether (sulfide) groups is 1. The normalized spacial score (nSPS) is 11.1. The number of aromatic amines is 1. The Morgan fingerprint density at radius 1 is 1.03 bits per heavy atom. The standard InChI is InChI=1S/C23H24N4O4S/c1-23(2,3)16-9-5-14(6-10-16)19-20(29)25-22(27-26-19)32-13-18(28)24-17-11-7-15(8-12-17)21(30)31-4/h5-12H,13H2,1-4H3,(H,24,28)(H,25,27,29). The van der Waals surface area contributed by atoms with Crippen LogP contribution in [0.1, 0.15) is 36.7 Å². The summed E-state index contributed by atoms with van der Waals surface area (Å²) < 4.78 is 4.64. The highest BCUT2D eigenvalue weighted by Gasteiger charge is 2.15. The summed E-state index contributed by atoms with van der Waals surface area (Å²) in [7, 11) is 1.30. The van der Waals surface area contributed by atoms with Gasteiger partial charge in [0.15, 0.2) is 10.9 Å². The molecule has 9 heteroatoms. The van der Waals surface area contributed by atoms with Crippen LogP contribution >= 0.6 is 11.8 Å². The number of nitrogens with one attached hydrogen (secondary N) is 2. The summed E-state index contributed by atoms with van der Waals surface area (Å²) in [5.41, 5.74) is 2.63. The number of H-pyrrole nitrogens is 1. The zero-order valence-electron chi connectivity index (χ0n) is 18.3. The number of nitrogens with zero attached hydrogens (tertiary/aromatic N) is 2. The molecule has 1 heterocycles. The third kappa shape index (κ3) is 5.82. The van der Waals surface area contributed by atoms with Crippen molar-refractivity contribution in [2.75, 3.05) is 18.2 Å². The molecule has 0 unspecified atom stereocenters. The Morgan fingerprint density at radius 2 is 1.69 bits per heavy atom. The summed E-state index contributed by atoms with van der Waals surface area (Å²) in [4.78, 5) is 38.8. The number of esters is 1. The fourth-order valence-electron chi connectivity index (χ4n) is 2.84. The van der Waals surface area contributed by atoms with Gasteiger partial charge in [-0.2, -0.15) is 0 Å². The Balaban J connectivity index is 1.60. The molecule has 0 aliphatic rings. The molecular formula is C23H24N4O4S. The second-order valence-corrected chi connectivity index (χ2v) is 9.01. The summed E-state index contributed by atoms with van der Waals surface area (Å²) in [6.45, 7) is 6.36. The monoisotopic (exact) mass is 452 g/mol. The van der Waals surface area contributed by atoms with Gasteiger partial charge in [-0.1, -0.05) is 56.8 Å². The van der Waals surface area contributed by atoms with Gasteiger partial charge in [0.05, 0.1) is 18.4 Å². The van der Waals surface area contributed by atoms with Crippen molar-refractivity contribution >= 4 is 29.3 Å². The third-order valence-electron chi connectivity index (χ3n) is 4.63. The molecule has 0 saturated carbocycles. The van der Waals surface area contributed by atoms with Crippen LogP contribution in [0.3, 0.4) is 0 Å². The van der Waals surface area contributed by atoms with Crippen LogP contribution in [-0.4, -0.2) is 39.9 Å². The predicted octanol–water partition coefficient (Wildman–Crippen LogP) is 3.65. The van der Waals surface area contributed by atoms with Gasteiger partial charge in [-0.15, -0.1) is 10.2 Å². The Labute approximate surface area is 189 Å². The summed E-state index contributed by atoms with van der Waals surface area (Å²) in [6, 6.07) is 14.0. The number of carbonyl (C=O) groups excluding carboxylic acids is 2. The van der Waals surface area contributed by atoms with Crippen LogP contribution in [0.15, 0.2) is 58.5 Å². The molecule has 0 fully saturated rings. The fraction of sp³-hybridized carbons (Fsp3) is 0.261. The van der Waals surface area contributed by atoms with E-state index >= 15 is 0 Å². The lowest BCUT2D eigenvalue weighted by molar-refractivity contribution is -0.113. The Kier molecular flexibility index (Phi) is 7.09. The molecule has 0 radical (unpaired) electrons. The van der Waals surface area contributed by atoms with Crippen molar-refractivity contribution in [1.29, 1.82) is 0 Å². The summed E-state index contributed by atoms with van der Waals surface area (Å²) in [5, 5.41) is 11.0. The molecule has 32 heavy (non-hydrogen) atoms. The maximum Gasteiger partial charge on any atom is 0.337 e. The first kappa shape index (κ1) is 23.2. The fourth-order valence-corrected chi connectivity index (χ4v) is 3.45. The lowest BCUT2D eigenvalue weighted by Gasteiger charge is -2.18. The summed E-state index contributed by atoms with van der Waals surface area (Å²) >= 11 is 1.07. The van der Waals surface area contributed by atoms with Gasteiger partial charge in [0.2, 0.25) is 5.91 Å². The lowest BCUT2D eigenvalue weighted by Crippen LogP contribution is -2.17. The van der Waals surface area contributed by atoms with Crippen molar-refractivity contribution in [3.8, 4) is 11.3 Å². The lowest BCUT2D eigenvalue weighted by atomic mass is 9.86. The summed E-state index contributed by atoms with van der Waals surface area (Å²) in [5.74, 6) is -0.705. The van der Waals surface area contributed by atoms with Crippen molar-refractivity contribution in [2.45, 2.75) is 31.3 Å². The number of benzene rings is 2. The quantitative estimate of drug-likeness (QED) is 0.433. The number of aromatic nitrogens is 3. The number of carbonyl (C=O) groups is 2. The average Bonchev–Trinajstić information content (AvgIpc) is 2.77. The van der Waals surface area contributed by atoms with E-state index in [1.54, 1.807) is 24.3 Å². The van der Waals surface area contributed by atoms with Crippen molar-refractivity contribution in [1.82, 2.24) is 15.2 Å². The van der Waals surface area contributed by atoms with Gasteiger partial charge < -0.3 is 10.1 Å². The first-order chi connectivity index (χ1) is 15.2. The topological polar surface area (TPSA) is 114 Å². The minimum atomic E-state index is -0.449. The van der Waals surface area contributed by atoms with Gasteiger partial charge in [-0.05, 0) is 35.2 Å². The molecule has 8 nitrogen and oxygen atoms in total. The van der Waals surface area contributed by atoms with E-state index < -0.39 is 5.97 Å². The number of amides is 1. The molecule has 3 aromatic rings. The zero-order valence-corrected chi connectivity index (χ0v) is 19.1. The maximum absolute atomic E-state index is 12.5. The van der Waals surface area contributed by atoms with E-state index in [9.17, 15) is 14.4 Å². The van der Waals surface area contributed by atoms with Crippen LogP contribution in [0.25, 0.3) is 11.3 Å². The van der Waals surface area contributed by atoms with E-state index in [-0.39, 0.29) is 33.5 Å². The van der Waals surface area contributed by atoms with Crippen LogP contribution in [0.2, 0.25) is 0 Å². The molecule has 0 aliphatic carbocycles. The van der Waals surface area contributed by atoms with E-state index in [4.69, 9.17) is 0 Å². The number of ether oxygens (including phenoxy) is 1. The van der Waals surface area contributed by atoms with Crippen molar-refractivity contribution in [3.05, 3.63) is 70.0 Å². The Hall–Kier alpha value is -3.46. The number of anilines is 1. The summed E-state index contributed by atoms with van der Waals surface area (Å²) in [6.07, 6.45) is 0. The van der Waals surface area contributed by atoms with Crippen molar-refractivity contribution < 1.29 is 14.3 Å². The highest BCUT2D eigenvalue weighted by molar-refractivity contribution is 7.99. The number of hydrogen-bond donors (Lipinski definition) is 2. The molecule has 1 aromatic heterocycles. The van der Waals surface area contributed by atoms with Gasteiger partial charge >= 0.3 is 5.97 Å². The van der Waals surface area contributed by atoms with Gasteiger partial charge in [-0.25, -0.2) is 4.79 Å². The maximum atomic E-state index is 12.5. The van der Waals surface area contributed by atoms with Crippen LogP contribution in [0.5, 0.6) is 0 Å². The molecule has 0 spiro atoms. The van der Waals surface area contributed by atoms with Crippen molar-refractivity contribution in [2.24, 2.45) is 0 Å². The van der Waals surface area contributed by atoms with Crippen LogP contribution in [-0.2, 0) is 14.9 Å². The van der Waals surface area contributed by atoms with Crippen LogP contribution < -0.4 is 10.9 Å². The third-order valence-corrected chi connectivity index (χ3v) is 5.49. The van der Waals surface area contributed by atoms with Gasteiger partial charge in [0.1, 0.15) is 0 Å². The molecule has 0 aliphatic heterocycles. The van der Waals surface area contributed by atoms with Crippen LogP contribution in [0.4, 0.5) is 5.69 Å². The highest BCUT2D eigenvalue weighted by Crippen LogP contribution is 2.24. The first-order valence-electron chi connectivity index (χ1n) is 9.86. The second kappa shape index (κ2) is 9.78. The SMILES string of the molecule is COC(=O)c1ccc(NC(=O)CSc2nnc(-c3ccc(C(C)(C)C)cc3)c(=O)[nH]2)cc1. The first-order valence-corrected chi connectivity index (χ1v) is 10.8. The van der Waals surface area contributed by atoms with E-state index in [1.807, 2.05) is 24.3 Å². The average molecular weight is 453 g/mol. The largest absolute Gasteiger partial charge is 0.465 e. The molecule has 0 atom stereocenters. The Morgan fingerprint density at radius 3 is 2.25 bits per heavy atom. The van der Waals surface area contributed by atoms with E-state index in [0.717, 1.165) is 17.3 Å². The van der Waals surface area contributed by atoms with E-state index in [0.29, 0.717) is 16.8 Å². The number of hydrogen-bond acceptors (Lipinski definition) is 7. The van der Waals surface area contributed by atoms with E-state index in [2.05, 4.69) is 46.0 Å². The molecule has 0 saturated heterocycles. The van der Waals surface area contributed by atoms with Gasteiger partial charge in [0, 0.05) is 11.3 Å². The van der Waals surface area contributed by atoms with Gasteiger partial charge in [0.25, 0.3) is 5.56 Å². The number of methoxy groups -OCH3 is 1. The predicted molar refractivity (Wildman–Crippen MR) is 124 cm³/mol. The van der Waals surface area contributed by atoms with Gasteiger partial charge in [-0.3, -0.25) is 14.6 Å². The van der Waals surface area contributed by atoms with Crippen LogP contribution in [0, 0.1) is 0 Å². The minimum absolute atomic E-state index is 0.0150. The molecule has 1 amide bonds. The minimum Gasteiger partial charge on any atom is -0.465 e. The Bertz CT molecular complexity index is 1170. The molecule has 3 rings (SSSR count). The zero-order chi connectivity index (χ0) is 23.3. The second-order valence-electron chi connectivity index (χ2n) is 8.04. The molecular weight excluding hydrogens is 428 g/mol. The molecule has 2 N–H and O–H groups in total. The molecule has 0 bridgehead atoms. The van der Waals surface area contributed by atoms with E-state index in [1.165, 1.54) is 7.11 Å². The molecule has 166 valence electrons. The number of rotatable bonds is 6. The van der Waals surface area contributed by atoms with Crippen molar-refractivity contribution in [3.63, 3.8) is 0 Å². The smallest absolute Gasteiger partial charge is 0.337 e.